The van der Waals surface area contributed by atoms with E-state index in [0.29, 0.717) is 23.6 Å². The first-order chi connectivity index (χ1) is 11.6. The normalized spacial score (nSPS) is 10.6. The van der Waals surface area contributed by atoms with E-state index in [1.807, 2.05) is 31.2 Å². The van der Waals surface area contributed by atoms with Crippen molar-refractivity contribution in [1.82, 2.24) is 4.98 Å². The first kappa shape index (κ1) is 15.8. The minimum Gasteiger partial charge on any atom is -0.462 e. The fourth-order valence-electron chi connectivity index (χ4n) is 2.47. The van der Waals surface area contributed by atoms with Crippen LogP contribution < -0.4 is 5.32 Å². The molecular weight excluding hydrogens is 304 g/mol. The molecule has 0 aliphatic heterocycles. The molecule has 0 radical (unpaired) electrons. The smallest absolute Gasteiger partial charge is 0.338 e. The quantitative estimate of drug-likeness (QED) is 0.716. The SMILES string of the molecule is CCOC(=O)c1ccc(NC(=O)c2cc3ccc(C)cc3[nH]2)cc1. The Balaban J connectivity index is 1.74. The summed E-state index contributed by atoms with van der Waals surface area (Å²) in [6.07, 6.45) is 0. The number of ether oxygens (including phenoxy) is 1. The predicted molar refractivity (Wildman–Crippen MR) is 93.4 cm³/mol. The van der Waals surface area contributed by atoms with Crippen LogP contribution in [-0.2, 0) is 4.74 Å². The third-order valence-electron chi connectivity index (χ3n) is 3.68. The van der Waals surface area contributed by atoms with Crippen LogP contribution in [0.5, 0.6) is 0 Å². The maximum Gasteiger partial charge on any atom is 0.338 e. The van der Waals surface area contributed by atoms with Gasteiger partial charge >= 0.3 is 5.97 Å². The van der Waals surface area contributed by atoms with E-state index in [1.54, 1.807) is 31.2 Å². The van der Waals surface area contributed by atoms with Crippen LogP contribution in [0.15, 0.2) is 48.5 Å². The lowest BCUT2D eigenvalue weighted by Gasteiger charge is -2.05. The second-order valence-corrected chi connectivity index (χ2v) is 5.53. The van der Waals surface area contributed by atoms with Crippen molar-refractivity contribution >= 4 is 28.5 Å². The lowest BCUT2D eigenvalue weighted by molar-refractivity contribution is 0.0526. The summed E-state index contributed by atoms with van der Waals surface area (Å²) in [5.41, 5.74) is 3.62. The van der Waals surface area contributed by atoms with Gasteiger partial charge in [-0.2, -0.15) is 0 Å². The molecule has 24 heavy (non-hydrogen) atoms. The van der Waals surface area contributed by atoms with Gasteiger partial charge in [0.1, 0.15) is 5.69 Å². The Morgan fingerprint density at radius 3 is 2.54 bits per heavy atom. The molecule has 0 saturated heterocycles. The number of aromatic nitrogens is 1. The molecule has 5 heteroatoms. The standard InChI is InChI=1S/C19H18N2O3/c1-3-24-19(23)13-6-8-15(9-7-13)20-18(22)17-11-14-5-4-12(2)10-16(14)21-17/h4-11,21H,3H2,1-2H3,(H,20,22). The number of fused-ring (bicyclic) bond motifs is 1. The number of rotatable bonds is 4. The van der Waals surface area contributed by atoms with Crippen molar-refractivity contribution in [1.29, 1.82) is 0 Å². The highest BCUT2D eigenvalue weighted by molar-refractivity contribution is 6.06. The summed E-state index contributed by atoms with van der Waals surface area (Å²) in [7, 11) is 0. The Hall–Kier alpha value is -3.08. The van der Waals surface area contributed by atoms with Gasteiger partial charge in [-0.1, -0.05) is 12.1 Å². The molecule has 0 saturated carbocycles. The Labute approximate surface area is 139 Å². The first-order valence-electron chi connectivity index (χ1n) is 7.74. The van der Waals surface area contributed by atoms with Crippen LogP contribution in [-0.4, -0.2) is 23.5 Å². The van der Waals surface area contributed by atoms with Crippen molar-refractivity contribution in [3.05, 3.63) is 65.4 Å². The number of esters is 1. The van der Waals surface area contributed by atoms with Crippen molar-refractivity contribution in [2.45, 2.75) is 13.8 Å². The number of anilines is 1. The van der Waals surface area contributed by atoms with E-state index in [-0.39, 0.29) is 11.9 Å². The molecule has 5 nitrogen and oxygen atoms in total. The number of aromatic amines is 1. The molecule has 1 aromatic heterocycles. The summed E-state index contributed by atoms with van der Waals surface area (Å²) in [5, 5.41) is 3.80. The van der Waals surface area contributed by atoms with Crippen molar-refractivity contribution in [3.63, 3.8) is 0 Å². The van der Waals surface area contributed by atoms with Crippen molar-refractivity contribution in [3.8, 4) is 0 Å². The maximum absolute atomic E-state index is 12.4. The molecule has 122 valence electrons. The number of H-pyrrole nitrogens is 1. The molecule has 0 fully saturated rings. The second kappa shape index (κ2) is 6.58. The Morgan fingerprint density at radius 1 is 1.08 bits per heavy atom. The van der Waals surface area contributed by atoms with Gasteiger partial charge in [0, 0.05) is 16.6 Å². The van der Waals surface area contributed by atoms with Crippen LogP contribution in [0.2, 0.25) is 0 Å². The van der Waals surface area contributed by atoms with Crippen molar-refractivity contribution in [2.24, 2.45) is 0 Å². The van der Waals surface area contributed by atoms with Crippen molar-refractivity contribution in [2.75, 3.05) is 11.9 Å². The zero-order valence-electron chi connectivity index (χ0n) is 13.6. The van der Waals surface area contributed by atoms with E-state index < -0.39 is 0 Å². The lowest BCUT2D eigenvalue weighted by atomic mass is 10.2. The molecule has 0 atom stereocenters. The largest absolute Gasteiger partial charge is 0.462 e. The van der Waals surface area contributed by atoms with Crippen LogP contribution in [0, 0.1) is 6.92 Å². The number of nitrogens with one attached hydrogen (secondary N) is 2. The minimum absolute atomic E-state index is 0.229. The van der Waals surface area contributed by atoms with Gasteiger partial charge in [-0.15, -0.1) is 0 Å². The van der Waals surface area contributed by atoms with Gasteiger partial charge in [-0.05, 0) is 55.8 Å². The lowest BCUT2D eigenvalue weighted by Crippen LogP contribution is -2.12. The number of hydrogen-bond acceptors (Lipinski definition) is 3. The fraction of sp³-hybridized carbons (Fsp3) is 0.158. The van der Waals surface area contributed by atoms with E-state index in [0.717, 1.165) is 16.5 Å². The zero-order chi connectivity index (χ0) is 17.1. The number of aryl methyl sites for hydroxylation is 1. The highest BCUT2D eigenvalue weighted by Gasteiger charge is 2.11. The molecule has 0 unspecified atom stereocenters. The number of benzene rings is 2. The Bertz CT molecular complexity index is 895. The molecule has 0 spiro atoms. The molecular formula is C19H18N2O3. The molecule has 3 aromatic rings. The monoisotopic (exact) mass is 322 g/mol. The maximum atomic E-state index is 12.4. The Morgan fingerprint density at radius 2 is 1.83 bits per heavy atom. The molecule has 2 aromatic carbocycles. The summed E-state index contributed by atoms with van der Waals surface area (Å²) >= 11 is 0. The molecule has 0 bridgehead atoms. The summed E-state index contributed by atoms with van der Waals surface area (Å²) < 4.78 is 4.93. The zero-order valence-corrected chi connectivity index (χ0v) is 13.6. The van der Waals surface area contributed by atoms with Crippen LogP contribution in [0.1, 0.15) is 33.3 Å². The first-order valence-corrected chi connectivity index (χ1v) is 7.74. The van der Waals surface area contributed by atoms with E-state index in [2.05, 4.69) is 10.3 Å². The molecule has 0 aliphatic rings. The van der Waals surface area contributed by atoms with E-state index >= 15 is 0 Å². The van der Waals surface area contributed by atoms with Gasteiger partial charge in [0.15, 0.2) is 0 Å². The molecule has 3 rings (SSSR count). The number of amides is 1. The van der Waals surface area contributed by atoms with E-state index in [9.17, 15) is 9.59 Å². The summed E-state index contributed by atoms with van der Waals surface area (Å²) in [6, 6.07) is 14.4. The average Bonchev–Trinajstić information content (AvgIpc) is 2.99. The van der Waals surface area contributed by atoms with Gasteiger partial charge in [0.05, 0.1) is 12.2 Å². The topological polar surface area (TPSA) is 71.2 Å². The molecule has 0 aliphatic carbocycles. The minimum atomic E-state index is -0.374. The highest BCUT2D eigenvalue weighted by atomic mass is 16.5. The van der Waals surface area contributed by atoms with Gasteiger partial charge in [-0.3, -0.25) is 4.79 Å². The van der Waals surface area contributed by atoms with Gasteiger partial charge < -0.3 is 15.0 Å². The fourth-order valence-corrected chi connectivity index (χ4v) is 2.47. The Kier molecular flexibility index (Phi) is 4.33. The summed E-state index contributed by atoms with van der Waals surface area (Å²) in [4.78, 5) is 27.1. The van der Waals surface area contributed by atoms with Gasteiger partial charge in [0.2, 0.25) is 0 Å². The molecule has 1 amide bonds. The van der Waals surface area contributed by atoms with Gasteiger partial charge in [-0.25, -0.2) is 4.79 Å². The van der Waals surface area contributed by atoms with Crippen molar-refractivity contribution < 1.29 is 14.3 Å². The second-order valence-electron chi connectivity index (χ2n) is 5.53. The molecule has 1 heterocycles. The van der Waals surface area contributed by atoms with E-state index in [1.165, 1.54) is 0 Å². The number of carbonyl (C=O) groups is 2. The molecule has 2 N–H and O–H groups in total. The van der Waals surface area contributed by atoms with Crippen LogP contribution in [0.25, 0.3) is 10.9 Å². The van der Waals surface area contributed by atoms with Gasteiger partial charge in [0.25, 0.3) is 5.91 Å². The van der Waals surface area contributed by atoms with E-state index in [4.69, 9.17) is 4.74 Å². The third kappa shape index (κ3) is 3.30. The number of hydrogen-bond donors (Lipinski definition) is 2. The van der Waals surface area contributed by atoms with Crippen LogP contribution in [0.3, 0.4) is 0 Å². The summed E-state index contributed by atoms with van der Waals surface area (Å²) in [5.74, 6) is -0.603. The third-order valence-corrected chi connectivity index (χ3v) is 3.68. The number of carbonyl (C=O) groups excluding carboxylic acids is 2. The van der Waals surface area contributed by atoms with Crippen LogP contribution >= 0.6 is 0 Å². The highest BCUT2D eigenvalue weighted by Crippen LogP contribution is 2.18. The average molecular weight is 322 g/mol. The summed E-state index contributed by atoms with van der Waals surface area (Å²) in [6.45, 7) is 4.09. The predicted octanol–water partition coefficient (Wildman–Crippen LogP) is 3.91. The van der Waals surface area contributed by atoms with Crippen LogP contribution in [0.4, 0.5) is 5.69 Å².